The van der Waals surface area contributed by atoms with Gasteiger partial charge in [0, 0.05) is 19.6 Å². The van der Waals surface area contributed by atoms with Crippen LogP contribution in [0.5, 0.6) is 5.75 Å². The largest absolute Gasteiger partial charge is 0.507 e. The van der Waals surface area contributed by atoms with Gasteiger partial charge in [0.25, 0.3) is 0 Å². The number of benzene rings is 1. The number of aromatic hydroxyl groups is 1. The lowest BCUT2D eigenvalue weighted by atomic mass is 10.1. The molecule has 210 valence electrons. The van der Waals surface area contributed by atoms with Crippen LogP contribution < -0.4 is 10.6 Å². The molecule has 0 aliphatic carbocycles. The van der Waals surface area contributed by atoms with Crippen LogP contribution in [0.25, 0.3) is 27.3 Å². The molecule has 4 heterocycles. The molecular weight excluding hydrogens is 569 g/mol. The second-order valence-corrected chi connectivity index (χ2v) is 11.0. The Kier molecular flexibility index (Phi) is 7.75. The summed E-state index contributed by atoms with van der Waals surface area (Å²) in [5, 5.41) is 21.0. The number of phenolic OH excluding ortho intramolecular Hbond substituents is 1. The molecule has 3 aromatic heterocycles. The number of pyridine rings is 1. The molecular formula is C28H25ClFN7O3S. The number of halogens is 2. The fourth-order valence-corrected chi connectivity index (χ4v) is 6.18. The summed E-state index contributed by atoms with van der Waals surface area (Å²) in [6.45, 7) is 8.25. The van der Waals surface area contributed by atoms with E-state index < -0.39 is 17.5 Å². The molecule has 1 aliphatic heterocycles. The van der Waals surface area contributed by atoms with E-state index in [1.807, 2.05) is 13.8 Å². The van der Waals surface area contributed by atoms with Gasteiger partial charge in [0.05, 0.1) is 51.4 Å². The zero-order valence-electron chi connectivity index (χ0n) is 22.2. The maximum Gasteiger partial charge on any atom is 0.356 e. The van der Waals surface area contributed by atoms with Crippen molar-refractivity contribution in [3.63, 3.8) is 0 Å². The van der Waals surface area contributed by atoms with Gasteiger partial charge in [-0.1, -0.05) is 38.1 Å². The minimum atomic E-state index is -0.736. The number of hydrogen-bond donors (Lipinski definition) is 1. The highest BCUT2D eigenvalue weighted by Crippen LogP contribution is 2.39. The van der Waals surface area contributed by atoms with Crippen molar-refractivity contribution in [2.75, 3.05) is 24.5 Å². The zero-order chi connectivity index (χ0) is 29.4. The summed E-state index contributed by atoms with van der Waals surface area (Å²) in [5.41, 5.74) is 1.49. The molecule has 1 aliphatic rings. The SMILES string of the molecule is C=CC(=O)N1CCN(c2nc(=O)n(-c3scnc3C(C)C)c3nc(-c4c(O)cccc4F)c(Cl)cc23)[C@@H](CC#N)C1. The summed E-state index contributed by atoms with van der Waals surface area (Å²) in [5.74, 6) is -1.15. The highest BCUT2D eigenvalue weighted by molar-refractivity contribution is 7.12. The van der Waals surface area contributed by atoms with E-state index in [1.165, 1.54) is 46.2 Å². The van der Waals surface area contributed by atoms with Crippen LogP contribution in [-0.4, -0.2) is 61.1 Å². The van der Waals surface area contributed by atoms with Crippen LogP contribution in [0, 0.1) is 17.1 Å². The lowest BCUT2D eigenvalue weighted by molar-refractivity contribution is -0.126. The van der Waals surface area contributed by atoms with Crippen LogP contribution in [0.15, 0.2) is 47.2 Å². The number of carbonyl (C=O) groups is 1. The topological polar surface area (TPSA) is 128 Å². The van der Waals surface area contributed by atoms with Gasteiger partial charge in [-0.05, 0) is 30.2 Å². The van der Waals surface area contributed by atoms with Crippen molar-refractivity contribution in [1.82, 2.24) is 24.4 Å². The van der Waals surface area contributed by atoms with Crippen LogP contribution in [-0.2, 0) is 4.79 Å². The maximum absolute atomic E-state index is 15.0. The Hall–Kier alpha value is -4.34. The fourth-order valence-electron chi connectivity index (χ4n) is 4.99. The number of aromatic nitrogens is 4. The van der Waals surface area contributed by atoms with Crippen LogP contribution in [0.3, 0.4) is 0 Å². The van der Waals surface area contributed by atoms with E-state index in [-0.39, 0.29) is 64.8 Å². The molecule has 4 aromatic rings. The summed E-state index contributed by atoms with van der Waals surface area (Å²) in [4.78, 5) is 43.0. The standard InChI is InChI=1S/C28H25ClFN7O3S/c1-4-21(39)35-10-11-36(16(13-35)8-9-31)25-17-12-18(29)24(22-19(30)6-5-7-20(22)38)33-26(17)37(28(40)34-25)27-23(15(2)3)32-14-41-27/h4-7,12,14-16,38H,1,8,10-11,13H2,2-3H3/t16-/m0/s1. The van der Waals surface area contributed by atoms with Gasteiger partial charge in [0.2, 0.25) is 5.91 Å². The van der Waals surface area contributed by atoms with Gasteiger partial charge in [-0.3, -0.25) is 4.79 Å². The summed E-state index contributed by atoms with van der Waals surface area (Å²) in [6, 6.07) is 7.07. The minimum absolute atomic E-state index is 0.0249. The summed E-state index contributed by atoms with van der Waals surface area (Å²) in [6.07, 6.45) is 1.28. The molecule has 1 saturated heterocycles. The third-order valence-corrected chi connectivity index (χ3v) is 8.04. The van der Waals surface area contributed by atoms with Crippen LogP contribution in [0.4, 0.5) is 10.2 Å². The first-order chi connectivity index (χ1) is 19.7. The second kappa shape index (κ2) is 11.3. The molecule has 1 amide bonds. The normalized spacial score (nSPS) is 15.4. The Balaban J connectivity index is 1.80. The Morgan fingerprint density at radius 2 is 2.15 bits per heavy atom. The predicted octanol–water partition coefficient (Wildman–Crippen LogP) is 4.64. The van der Waals surface area contributed by atoms with Gasteiger partial charge >= 0.3 is 5.69 Å². The third kappa shape index (κ3) is 5.03. The van der Waals surface area contributed by atoms with Gasteiger partial charge in [-0.25, -0.2) is 23.7 Å². The average Bonchev–Trinajstić information content (AvgIpc) is 3.43. The van der Waals surface area contributed by atoms with E-state index in [1.54, 1.807) is 15.3 Å². The third-order valence-electron chi connectivity index (χ3n) is 6.92. The van der Waals surface area contributed by atoms with Crippen molar-refractivity contribution in [3.8, 4) is 28.1 Å². The maximum atomic E-state index is 15.0. The Labute approximate surface area is 243 Å². The molecule has 1 aromatic carbocycles. The van der Waals surface area contributed by atoms with Crippen molar-refractivity contribution in [1.29, 1.82) is 5.26 Å². The number of nitrogens with zero attached hydrogens (tertiary/aromatic N) is 7. The van der Waals surface area contributed by atoms with E-state index in [9.17, 15) is 24.3 Å². The van der Waals surface area contributed by atoms with E-state index in [0.717, 1.165) is 0 Å². The van der Waals surface area contributed by atoms with Crippen LogP contribution in [0.1, 0.15) is 31.9 Å². The number of hydrogen-bond acceptors (Lipinski definition) is 9. The molecule has 5 rings (SSSR count). The Morgan fingerprint density at radius 1 is 1.37 bits per heavy atom. The molecule has 1 atom stereocenters. The number of carbonyl (C=O) groups excluding carboxylic acids is 1. The summed E-state index contributed by atoms with van der Waals surface area (Å²) in [7, 11) is 0. The first-order valence-electron chi connectivity index (χ1n) is 12.8. The van der Waals surface area contributed by atoms with Gasteiger partial charge in [0.15, 0.2) is 5.65 Å². The van der Waals surface area contributed by atoms with E-state index in [4.69, 9.17) is 11.6 Å². The lowest BCUT2D eigenvalue weighted by Crippen LogP contribution is -2.55. The number of fused-ring (bicyclic) bond motifs is 1. The molecule has 0 spiro atoms. The first kappa shape index (κ1) is 28.2. The van der Waals surface area contributed by atoms with Gasteiger partial charge in [0.1, 0.15) is 22.4 Å². The average molecular weight is 594 g/mol. The Morgan fingerprint density at radius 3 is 2.83 bits per heavy atom. The molecule has 41 heavy (non-hydrogen) atoms. The fraction of sp³-hybridized carbons (Fsp3) is 0.286. The molecule has 13 heteroatoms. The minimum Gasteiger partial charge on any atom is -0.507 e. The van der Waals surface area contributed by atoms with Crippen molar-refractivity contribution in [3.05, 3.63) is 69.4 Å². The second-order valence-electron chi connectivity index (χ2n) is 9.77. The van der Waals surface area contributed by atoms with Crippen LogP contribution in [0.2, 0.25) is 5.02 Å². The molecule has 10 nitrogen and oxygen atoms in total. The number of rotatable bonds is 6. The highest BCUT2D eigenvalue weighted by atomic mass is 35.5. The zero-order valence-corrected chi connectivity index (χ0v) is 23.8. The molecule has 0 saturated carbocycles. The van der Waals surface area contributed by atoms with Crippen molar-refractivity contribution >= 4 is 45.7 Å². The van der Waals surface area contributed by atoms with Gasteiger partial charge in [-0.15, -0.1) is 11.3 Å². The molecule has 1 N–H and O–H groups in total. The van der Waals surface area contributed by atoms with Crippen molar-refractivity contribution in [2.45, 2.75) is 32.2 Å². The predicted molar refractivity (Wildman–Crippen MR) is 155 cm³/mol. The molecule has 0 unspecified atom stereocenters. The number of piperazine rings is 1. The van der Waals surface area contributed by atoms with Crippen molar-refractivity contribution < 1.29 is 14.3 Å². The van der Waals surface area contributed by atoms with E-state index in [2.05, 4.69) is 27.6 Å². The summed E-state index contributed by atoms with van der Waals surface area (Å²) >= 11 is 7.91. The number of phenols is 1. The Bertz CT molecular complexity index is 1760. The van der Waals surface area contributed by atoms with Crippen molar-refractivity contribution in [2.24, 2.45) is 0 Å². The van der Waals surface area contributed by atoms with E-state index in [0.29, 0.717) is 22.6 Å². The van der Waals surface area contributed by atoms with Gasteiger partial charge < -0.3 is 14.9 Å². The van der Waals surface area contributed by atoms with Gasteiger partial charge in [-0.2, -0.15) is 10.2 Å². The quantitative estimate of drug-likeness (QED) is 0.320. The van der Waals surface area contributed by atoms with Crippen LogP contribution >= 0.6 is 22.9 Å². The first-order valence-corrected chi connectivity index (χ1v) is 14.0. The molecule has 1 fully saturated rings. The number of anilines is 1. The highest BCUT2D eigenvalue weighted by Gasteiger charge is 2.32. The smallest absolute Gasteiger partial charge is 0.356 e. The lowest BCUT2D eigenvalue weighted by Gasteiger charge is -2.41. The monoisotopic (exact) mass is 593 g/mol. The number of amides is 1. The molecule has 0 radical (unpaired) electrons. The number of thiazole rings is 1. The summed E-state index contributed by atoms with van der Waals surface area (Å²) < 4.78 is 16.3. The number of nitriles is 1. The molecule has 0 bridgehead atoms. The van der Waals surface area contributed by atoms with E-state index >= 15 is 0 Å².